The zero-order valence-corrected chi connectivity index (χ0v) is 12.5. The number of alkyl halides is 1. The average molecular weight is 288 g/mol. The Morgan fingerprint density at radius 2 is 2.12 bits per heavy atom. The van der Waals surface area contributed by atoms with Crippen LogP contribution in [0.25, 0.3) is 0 Å². The summed E-state index contributed by atoms with van der Waals surface area (Å²) in [4.78, 5) is 2.31. The maximum Gasteiger partial charge on any atom is 0.130 e. The standard InChI is InChI=1S/C12H22BrN3/c1-6-9(2)8-15(4)12-11(7-13)10(3)14-16(12)5/h9H,6-8H2,1-5H3. The van der Waals surface area contributed by atoms with Crippen LogP contribution in [0.4, 0.5) is 5.82 Å². The van der Waals surface area contributed by atoms with Crippen LogP contribution in [0.3, 0.4) is 0 Å². The molecule has 1 heterocycles. The third-order valence-electron chi connectivity index (χ3n) is 3.09. The molecule has 0 bridgehead atoms. The van der Waals surface area contributed by atoms with Crippen molar-refractivity contribution in [3.63, 3.8) is 0 Å². The van der Waals surface area contributed by atoms with Crippen LogP contribution in [-0.4, -0.2) is 23.4 Å². The summed E-state index contributed by atoms with van der Waals surface area (Å²) >= 11 is 3.54. The largest absolute Gasteiger partial charge is 0.359 e. The Balaban J connectivity index is 2.93. The van der Waals surface area contributed by atoms with Gasteiger partial charge in [0, 0.05) is 31.5 Å². The van der Waals surface area contributed by atoms with Crippen LogP contribution >= 0.6 is 15.9 Å². The summed E-state index contributed by atoms with van der Waals surface area (Å²) in [6, 6.07) is 0. The van der Waals surface area contributed by atoms with E-state index in [-0.39, 0.29) is 0 Å². The van der Waals surface area contributed by atoms with Gasteiger partial charge in [-0.15, -0.1) is 0 Å². The smallest absolute Gasteiger partial charge is 0.130 e. The number of hydrogen-bond acceptors (Lipinski definition) is 2. The molecule has 0 saturated carbocycles. The minimum atomic E-state index is 0.711. The highest BCUT2D eigenvalue weighted by molar-refractivity contribution is 9.08. The monoisotopic (exact) mass is 287 g/mol. The second-order valence-corrected chi connectivity index (χ2v) is 5.10. The van der Waals surface area contributed by atoms with E-state index >= 15 is 0 Å². The van der Waals surface area contributed by atoms with Crippen LogP contribution in [0.2, 0.25) is 0 Å². The van der Waals surface area contributed by atoms with Gasteiger partial charge in [0.15, 0.2) is 0 Å². The molecule has 1 atom stereocenters. The van der Waals surface area contributed by atoms with E-state index in [9.17, 15) is 0 Å². The first kappa shape index (κ1) is 13.6. The molecule has 0 N–H and O–H groups in total. The highest BCUT2D eigenvalue weighted by Crippen LogP contribution is 2.25. The first-order valence-corrected chi connectivity index (χ1v) is 6.92. The number of hydrogen-bond donors (Lipinski definition) is 0. The molecule has 1 unspecified atom stereocenters. The minimum absolute atomic E-state index is 0.711. The van der Waals surface area contributed by atoms with E-state index < -0.39 is 0 Å². The number of rotatable bonds is 5. The first-order chi connectivity index (χ1) is 7.51. The van der Waals surface area contributed by atoms with Crippen LogP contribution in [-0.2, 0) is 12.4 Å². The Labute approximate surface area is 107 Å². The number of halogens is 1. The lowest BCUT2D eigenvalue weighted by Crippen LogP contribution is -2.26. The van der Waals surface area contributed by atoms with Crippen LogP contribution in [0.15, 0.2) is 0 Å². The van der Waals surface area contributed by atoms with E-state index in [4.69, 9.17) is 0 Å². The Hall–Kier alpha value is -0.510. The van der Waals surface area contributed by atoms with E-state index in [0.717, 1.165) is 17.6 Å². The molecule has 0 amide bonds. The molecule has 1 aromatic rings. The molecule has 92 valence electrons. The average Bonchev–Trinajstić information content (AvgIpc) is 2.52. The van der Waals surface area contributed by atoms with Crippen molar-refractivity contribution in [3.8, 4) is 0 Å². The SMILES string of the molecule is CCC(C)CN(C)c1c(CBr)c(C)nn1C. The van der Waals surface area contributed by atoms with Gasteiger partial charge in [0.05, 0.1) is 5.69 Å². The molecule has 0 aliphatic heterocycles. The first-order valence-electron chi connectivity index (χ1n) is 5.80. The molecule has 4 heteroatoms. The van der Waals surface area contributed by atoms with Crippen LogP contribution in [0.5, 0.6) is 0 Å². The number of aryl methyl sites for hydroxylation is 2. The lowest BCUT2D eigenvalue weighted by molar-refractivity contribution is 0.551. The Bertz CT molecular complexity index is 346. The van der Waals surface area contributed by atoms with Gasteiger partial charge in [-0.25, -0.2) is 0 Å². The molecule has 0 saturated heterocycles. The topological polar surface area (TPSA) is 21.1 Å². The Kier molecular flexibility index (Phi) is 4.84. The van der Waals surface area contributed by atoms with Gasteiger partial charge < -0.3 is 4.90 Å². The summed E-state index contributed by atoms with van der Waals surface area (Å²) in [7, 11) is 4.16. The predicted molar refractivity (Wildman–Crippen MR) is 73.3 cm³/mol. The normalized spacial score (nSPS) is 12.9. The van der Waals surface area contributed by atoms with Gasteiger partial charge in [-0.2, -0.15) is 5.10 Å². The number of anilines is 1. The Morgan fingerprint density at radius 1 is 1.50 bits per heavy atom. The number of aromatic nitrogens is 2. The molecular formula is C12H22BrN3. The molecule has 0 aliphatic rings. The molecule has 1 aromatic heterocycles. The second-order valence-electron chi connectivity index (χ2n) is 4.54. The van der Waals surface area contributed by atoms with Crippen molar-refractivity contribution in [2.75, 3.05) is 18.5 Å². The van der Waals surface area contributed by atoms with Crippen molar-refractivity contribution >= 4 is 21.7 Å². The van der Waals surface area contributed by atoms with Crippen molar-refractivity contribution in [1.82, 2.24) is 9.78 Å². The van der Waals surface area contributed by atoms with E-state index in [0.29, 0.717) is 5.92 Å². The van der Waals surface area contributed by atoms with Crippen LogP contribution in [0.1, 0.15) is 31.5 Å². The zero-order valence-electron chi connectivity index (χ0n) is 10.9. The summed E-state index contributed by atoms with van der Waals surface area (Å²) < 4.78 is 1.98. The highest BCUT2D eigenvalue weighted by atomic mass is 79.9. The van der Waals surface area contributed by atoms with E-state index in [2.05, 4.69) is 53.7 Å². The van der Waals surface area contributed by atoms with E-state index in [1.165, 1.54) is 17.8 Å². The van der Waals surface area contributed by atoms with Gasteiger partial charge in [0.1, 0.15) is 5.82 Å². The van der Waals surface area contributed by atoms with Crippen LogP contribution in [0, 0.1) is 12.8 Å². The van der Waals surface area contributed by atoms with Gasteiger partial charge in [0.25, 0.3) is 0 Å². The molecule has 0 spiro atoms. The molecule has 0 aliphatic carbocycles. The molecule has 0 aromatic carbocycles. The van der Waals surface area contributed by atoms with Crippen LogP contribution < -0.4 is 4.90 Å². The fourth-order valence-electron chi connectivity index (χ4n) is 2.01. The van der Waals surface area contributed by atoms with Gasteiger partial charge in [0.2, 0.25) is 0 Å². The van der Waals surface area contributed by atoms with E-state index in [1.54, 1.807) is 0 Å². The summed E-state index contributed by atoms with van der Waals surface area (Å²) in [5.41, 5.74) is 2.42. The second kappa shape index (κ2) is 5.71. The fourth-order valence-corrected chi connectivity index (χ4v) is 2.66. The quantitative estimate of drug-likeness (QED) is 0.776. The lowest BCUT2D eigenvalue weighted by atomic mass is 10.1. The summed E-state index contributed by atoms with van der Waals surface area (Å²) in [5, 5.41) is 5.35. The highest BCUT2D eigenvalue weighted by Gasteiger charge is 2.16. The van der Waals surface area contributed by atoms with Gasteiger partial charge in [-0.1, -0.05) is 36.2 Å². The van der Waals surface area contributed by atoms with Gasteiger partial charge in [-0.05, 0) is 12.8 Å². The van der Waals surface area contributed by atoms with Gasteiger partial charge >= 0.3 is 0 Å². The van der Waals surface area contributed by atoms with Gasteiger partial charge in [-0.3, -0.25) is 4.68 Å². The maximum absolute atomic E-state index is 4.48. The fraction of sp³-hybridized carbons (Fsp3) is 0.750. The third-order valence-corrected chi connectivity index (χ3v) is 3.65. The minimum Gasteiger partial charge on any atom is -0.359 e. The summed E-state index contributed by atoms with van der Waals surface area (Å²) in [6.45, 7) is 7.67. The third kappa shape index (κ3) is 2.78. The molecule has 0 radical (unpaired) electrons. The summed E-state index contributed by atoms with van der Waals surface area (Å²) in [6.07, 6.45) is 1.21. The van der Waals surface area contributed by atoms with Crippen molar-refractivity contribution in [1.29, 1.82) is 0 Å². The summed E-state index contributed by atoms with van der Waals surface area (Å²) in [5.74, 6) is 1.94. The maximum atomic E-state index is 4.48. The zero-order chi connectivity index (χ0) is 12.3. The predicted octanol–water partition coefficient (Wildman–Crippen LogP) is 3.11. The molecule has 16 heavy (non-hydrogen) atoms. The van der Waals surface area contributed by atoms with Crippen molar-refractivity contribution in [2.24, 2.45) is 13.0 Å². The molecule has 0 fully saturated rings. The molecule has 3 nitrogen and oxygen atoms in total. The lowest BCUT2D eigenvalue weighted by Gasteiger charge is -2.23. The number of nitrogens with zero attached hydrogens (tertiary/aromatic N) is 3. The van der Waals surface area contributed by atoms with Crippen molar-refractivity contribution in [3.05, 3.63) is 11.3 Å². The van der Waals surface area contributed by atoms with Crippen molar-refractivity contribution in [2.45, 2.75) is 32.5 Å². The molecular weight excluding hydrogens is 266 g/mol. The van der Waals surface area contributed by atoms with E-state index in [1.807, 2.05) is 11.7 Å². The molecule has 1 rings (SSSR count). The van der Waals surface area contributed by atoms with Crippen molar-refractivity contribution < 1.29 is 0 Å². The Morgan fingerprint density at radius 3 is 2.62 bits per heavy atom.